The first-order valence-corrected chi connectivity index (χ1v) is 8.54. The lowest BCUT2D eigenvalue weighted by molar-refractivity contribution is -0.122. The van der Waals surface area contributed by atoms with E-state index >= 15 is 0 Å². The normalized spacial score (nSPS) is 18.8. The lowest BCUT2D eigenvalue weighted by Crippen LogP contribution is -2.24. The number of hydrogen-bond donors (Lipinski definition) is 1. The van der Waals surface area contributed by atoms with Crippen LogP contribution in [-0.4, -0.2) is 20.7 Å². The van der Waals surface area contributed by atoms with Gasteiger partial charge in [0.2, 0.25) is 5.91 Å². The summed E-state index contributed by atoms with van der Waals surface area (Å²) in [6.45, 7) is 2.59. The summed E-state index contributed by atoms with van der Waals surface area (Å²) < 4.78 is 1.86. The summed E-state index contributed by atoms with van der Waals surface area (Å²) in [4.78, 5) is 16.2. The molecule has 4 rings (SSSR count). The fourth-order valence-corrected chi connectivity index (χ4v) is 3.01. The quantitative estimate of drug-likeness (QED) is 0.780. The van der Waals surface area contributed by atoms with E-state index in [1.807, 2.05) is 53.3 Å². The number of hydrogen-bond acceptors (Lipinski definition) is 3. The Morgan fingerprint density at radius 2 is 1.92 bits per heavy atom. The Morgan fingerprint density at radius 3 is 2.60 bits per heavy atom. The van der Waals surface area contributed by atoms with Crippen molar-refractivity contribution < 1.29 is 4.79 Å². The molecular weight excluding hydrogens is 312 g/mol. The van der Waals surface area contributed by atoms with E-state index < -0.39 is 0 Å². The van der Waals surface area contributed by atoms with Gasteiger partial charge in [0.05, 0.1) is 11.4 Å². The van der Waals surface area contributed by atoms with Crippen molar-refractivity contribution in [3.8, 4) is 16.9 Å². The van der Waals surface area contributed by atoms with Crippen LogP contribution in [0.5, 0.6) is 0 Å². The van der Waals surface area contributed by atoms with Gasteiger partial charge in [0.25, 0.3) is 0 Å². The second kappa shape index (κ2) is 6.51. The van der Waals surface area contributed by atoms with E-state index in [1.54, 1.807) is 12.4 Å². The molecule has 1 amide bonds. The number of carbonyl (C=O) groups is 1. The molecule has 0 unspecified atom stereocenters. The first kappa shape index (κ1) is 15.6. The molecule has 5 heteroatoms. The minimum Gasteiger partial charge on any atom is -0.352 e. The Labute approximate surface area is 146 Å². The van der Waals surface area contributed by atoms with Gasteiger partial charge in [0.1, 0.15) is 0 Å². The van der Waals surface area contributed by atoms with Crippen LogP contribution in [-0.2, 0) is 11.3 Å². The van der Waals surface area contributed by atoms with Crippen LogP contribution in [0.2, 0.25) is 0 Å². The summed E-state index contributed by atoms with van der Waals surface area (Å²) in [6, 6.07) is 13.8. The topological polar surface area (TPSA) is 59.8 Å². The minimum atomic E-state index is 0.139. The predicted octanol–water partition coefficient (Wildman–Crippen LogP) is 3.21. The van der Waals surface area contributed by atoms with Crippen LogP contribution >= 0.6 is 0 Å². The number of pyridine rings is 1. The molecule has 0 aliphatic heterocycles. The predicted molar refractivity (Wildman–Crippen MR) is 95.9 cm³/mol. The molecule has 1 saturated carbocycles. The highest BCUT2D eigenvalue weighted by Crippen LogP contribution is 2.37. The molecule has 1 fully saturated rings. The van der Waals surface area contributed by atoms with Crippen molar-refractivity contribution in [2.24, 2.45) is 11.8 Å². The van der Waals surface area contributed by atoms with E-state index in [4.69, 9.17) is 5.10 Å². The van der Waals surface area contributed by atoms with Crippen molar-refractivity contribution in [3.05, 3.63) is 66.6 Å². The Bertz CT molecular complexity index is 873. The molecule has 1 aliphatic rings. The second-order valence-electron chi connectivity index (χ2n) is 6.56. The smallest absolute Gasteiger partial charge is 0.223 e. The molecule has 3 aromatic rings. The maximum Gasteiger partial charge on any atom is 0.223 e. The van der Waals surface area contributed by atoms with Crippen LogP contribution < -0.4 is 5.32 Å². The highest BCUT2D eigenvalue weighted by Gasteiger charge is 2.38. The summed E-state index contributed by atoms with van der Waals surface area (Å²) >= 11 is 0. The Kier molecular flexibility index (Phi) is 4.06. The van der Waals surface area contributed by atoms with E-state index in [2.05, 4.69) is 17.2 Å². The van der Waals surface area contributed by atoms with Gasteiger partial charge in [-0.25, -0.2) is 4.68 Å². The number of carbonyl (C=O) groups excluding carboxylic acids is 1. The molecule has 0 spiro atoms. The van der Waals surface area contributed by atoms with Crippen LogP contribution in [0.3, 0.4) is 0 Å². The lowest BCUT2D eigenvalue weighted by atomic mass is 10.1. The summed E-state index contributed by atoms with van der Waals surface area (Å²) in [5.74, 6) is 0.820. The third-order valence-corrected chi connectivity index (χ3v) is 4.66. The molecule has 2 atom stereocenters. The highest BCUT2D eigenvalue weighted by atomic mass is 16.2. The van der Waals surface area contributed by atoms with Crippen LogP contribution in [0, 0.1) is 11.8 Å². The number of benzene rings is 1. The molecule has 1 N–H and O–H groups in total. The highest BCUT2D eigenvalue weighted by molar-refractivity contribution is 5.81. The van der Waals surface area contributed by atoms with Crippen molar-refractivity contribution in [2.45, 2.75) is 19.9 Å². The van der Waals surface area contributed by atoms with Crippen molar-refractivity contribution in [3.63, 3.8) is 0 Å². The maximum atomic E-state index is 12.2. The number of nitrogens with zero attached hydrogens (tertiary/aromatic N) is 3. The van der Waals surface area contributed by atoms with E-state index in [-0.39, 0.29) is 11.8 Å². The fraction of sp³-hybridized carbons (Fsp3) is 0.250. The number of aromatic nitrogens is 3. The van der Waals surface area contributed by atoms with Crippen LogP contribution in [0.4, 0.5) is 0 Å². The van der Waals surface area contributed by atoms with Gasteiger partial charge in [0.15, 0.2) is 0 Å². The average molecular weight is 332 g/mol. The summed E-state index contributed by atoms with van der Waals surface area (Å²) in [6.07, 6.45) is 6.49. The molecule has 1 aliphatic carbocycles. The molecule has 2 aromatic heterocycles. The van der Waals surface area contributed by atoms with E-state index in [1.165, 1.54) is 0 Å². The van der Waals surface area contributed by atoms with Crippen LogP contribution in [0.25, 0.3) is 16.9 Å². The van der Waals surface area contributed by atoms with Crippen molar-refractivity contribution >= 4 is 5.91 Å². The molecule has 0 bridgehead atoms. The van der Waals surface area contributed by atoms with E-state index in [0.29, 0.717) is 12.5 Å². The average Bonchev–Trinajstić information content (AvgIpc) is 3.24. The first-order valence-electron chi connectivity index (χ1n) is 8.54. The van der Waals surface area contributed by atoms with Gasteiger partial charge < -0.3 is 5.32 Å². The molecule has 1 aromatic carbocycles. The molecule has 0 saturated heterocycles. The number of rotatable bonds is 5. The van der Waals surface area contributed by atoms with Gasteiger partial charge in [0, 0.05) is 42.2 Å². The third kappa shape index (κ3) is 3.31. The number of nitrogens with one attached hydrogen (secondary N) is 1. The summed E-state index contributed by atoms with van der Waals surface area (Å²) in [5, 5.41) is 7.80. The van der Waals surface area contributed by atoms with Gasteiger partial charge in [-0.3, -0.25) is 9.78 Å². The first-order chi connectivity index (χ1) is 12.2. The summed E-state index contributed by atoms with van der Waals surface area (Å²) in [7, 11) is 0. The van der Waals surface area contributed by atoms with Gasteiger partial charge in [-0.2, -0.15) is 5.10 Å². The number of amides is 1. The van der Waals surface area contributed by atoms with Gasteiger partial charge in [-0.1, -0.05) is 25.1 Å². The van der Waals surface area contributed by atoms with Crippen molar-refractivity contribution in [1.29, 1.82) is 0 Å². The van der Waals surface area contributed by atoms with Gasteiger partial charge in [-0.05, 0) is 36.6 Å². The lowest BCUT2D eigenvalue weighted by Gasteiger charge is -2.05. The van der Waals surface area contributed by atoms with Crippen molar-refractivity contribution in [2.75, 3.05) is 0 Å². The van der Waals surface area contributed by atoms with Crippen LogP contribution in [0.1, 0.15) is 18.9 Å². The van der Waals surface area contributed by atoms with Gasteiger partial charge in [-0.15, -0.1) is 0 Å². The largest absolute Gasteiger partial charge is 0.352 e. The molecule has 2 heterocycles. The Balaban J connectivity index is 1.63. The third-order valence-electron chi connectivity index (χ3n) is 4.66. The molecular formula is C20H20N4O. The monoisotopic (exact) mass is 332 g/mol. The van der Waals surface area contributed by atoms with Crippen LogP contribution in [0.15, 0.2) is 61.1 Å². The zero-order valence-electron chi connectivity index (χ0n) is 14.1. The zero-order valence-corrected chi connectivity index (χ0v) is 14.1. The molecule has 5 nitrogen and oxygen atoms in total. The molecule has 126 valence electrons. The molecule has 25 heavy (non-hydrogen) atoms. The SMILES string of the molecule is C[C@H]1C[C@H]1C(=O)NCc1cn(-c2ccccc2)nc1-c1ccncc1. The standard InChI is InChI=1S/C20H20N4O/c1-14-11-18(14)20(25)22-12-16-13-24(17-5-3-2-4-6-17)23-19(16)15-7-9-21-10-8-15/h2-10,13-14,18H,11-12H2,1H3,(H,22,25)/t14-,18+/m0/s1. The second-order valence-corrected chi connectivity index (χ2v) is 6.56. The van der Waals surface area contributed by atoms with E-state index in [9.17, 15) is 4.79 Å². The Morgan fingerprint density at radius 1 is 1.20 bits per heavy atom. The molecule has 0 radical (unpaired) electrons. The maximum absolute atomic E-state index is 12.2. The zero-order chi connectivity index (χ0) is 17.2. The minimum absolute atomic E-state index is 0.139. The fourth-order valence-electron chi connectivity index (χ4n) is 3.01. The number of para-hydroxylation sites is 1. The van der Waals surface area contributed by atoms with E-state index in [0.717, 1.165) is 28.9 Å². The summed E-state index contributed by atoms with van der Waals surface area (Å²) in [5.41, 5.74) is 3.85. The van der Waals surface area contributed by atoms with Gasteiger partial charge >= 0.3 is 0 Å². The Hall–Kier alpha value is -2.95. The van der Waals surface area contributed by atoms with Crippen molar-refractivity contribution in [1.82, 2.24) is 20.1 Å².